The molecule has 0 saturated heterocycles. The molecule has 2 N–H and O–H groups in total. The summed E-state index contributed by atoms with van der Waals surface area (Å²) in [6.45, 7) is 7.76. The maximum atomic E-state index is 12.4. The molecule has 0 aromatic heterocycles. The minimum Gasteiger partial charge on any atom is -0.482 e. The largest absolute Gasteiger partial charge is 0.482 e. The van der Waals surface area contributed by atoms with Gasteiger partial charge in [0.25, 0.3) is 11.8 Å². The Hall–Kier alpha value is -2.86. The molecule has 0 fully saturated rings. The number of hydrogen-bond donors (Lipinski definition) is 2. The van der Waals surface area contributed by atoms with Crippen LogP contribution < -0.4 is 15.4 Å². The number of amides is 2. The highest BCUT2D eigenvalue weighted by molar-refractivity contribution is 5.99. The third kappa shape index (κ3) is 4.86. The number of anilines is 1. The van der Waals surface area contributed by atoms with Crippen molar-refractivity contribution in [1.29, 1.82) is 0 Å². The van der Waals surface area contributed by atoms with Gasteiger partial charge in [0, 0.05) is 18.7 Å². The van der Waals surface area contributed by atoms with Crippen molar-refractivity contribution in [3.63, 3.8) is 0 Å². The lowest BCUT2D eigenvalue weighted by molar-refractivity contribution is -0.118. The van der Waals surface area contributed by atoms with E-state index in [-0.39, 0.29) is 18.4 Å². The van der Waals surface area contributed by atoms with Gasteiger partial charge in [0.2, 0.25) is 0 Å². The molecule has 27 heavy (non-hydrogen) atoms. The van der Waals surface area contributed by atoms with Gasteiger partial charge in [-0.25, -0.2) is 0 Å². The quantitative estimate of drug-likeness (QED) is 0.789. The Kier molecular flexibility index (Phi) is 6.08. The summed E-state index contributed by atoms with van der Waals surface area (Å²) in [7, 11) is 0. The second-order valence-electron chi connectivity index (χ2n) is 6.51. The van der Waals surface area contributed by atoms with E-state index in [0.717, 1.165) is 25.2 Å². The highest BCUT2D eigenvalue weighted by atomic mass is 16.5. The summed E-state index contributed by atoms with van der Waals surface area (Å²) in [4.78, 5) is 26.2. The average molecular weight is 367 g/mol. The van der Waals surface area contributed by atoms with Crippen molar-refractivity contribution in [1.82, 2.24) is 10.2 Å². The summed E-state index contributed by atoms with van der Waals surface area (Å²) in [6.07, 6.45) is 0. The van der Waals surface area contributed by atoms with Crippen molar-refractivity contribution in [3.05, 3.63) is 59.2 Å². The number of carbonyl (C=O) groups excluding carboxylic acids is 2. The van der Waals surface area contributed by atoms with Gasteiger partial charge < -0.3 is 15.4 Å². The predicted octanol–water partition coefficient (Wildman–Crippen LogP) is 2.79. The Morgan fingerprint density at radius 1 is 1.11 bits per heavy atom. The molecule has 0 atom stereocenters. The second kappa shape index (κ2) is 8.68. The average Bonchev–Trinajstić information content (AvgIpc) is 2.70. The highest BCUT2D eigenvalue weighted by Gasteiger charge is 2.17. The smallest absolute Gasteiger partial charge is 0.262 e. The second-order valence-corrected chi connectivity index (χ2v) is 6.51. The van der Waals surface area contributed by atoms with E-state index in [1.165, 1.54) is 5.56 Å². The molecule has 6 nitrogen and oxygen atoms in total. The first-order valence-electron chi connectivity index (χ1n) is 9.24. The molecular weight excluding hydrogens is 342 g/mol. The molecule has 0 spiro atoms. The SMILES string of the molecule is CCN(CC)Cc1ccc(CNC(=O)c2ccc3c(c2)NC(=O)CO3)cc1. The van der Waals surface area contributed by atoms with E-state index in [4.69, 9.17) is 4.74 Å². The van der Waals surface area contributed by atoms with Crippen LogP contribution in [0.3, 0.4) is 0 Å². The Morgan fingerprint density at radius 2 is 1.81 bits per heavy atom. The van der Waals surface area contributed by atoms with Crippen LogP contribution in [0.5, 0.6) is 5.75 Å². The Morgan fingerprint density at radius 3 is 2.52 bits per heavy atom. The van der Waals surface area contributed by atoms with Crippen LogP contribution in [0.2, 0.25) is 0 Å². The van der Waals surface area contributed by atoms with Crippen LogP contribution in [0.4, 0.5) is 5.69 Å². The number of ether oxygens (including phenoxy) is 1. The van der Waals surface area contributed by atoms with Gasteiger partial charge >= 0.3 is 0 Å². The van der Waals surface area contributed by atoms with Gasteiger partial charge in [-0.1, -0.05) is 38.1 Å². The van der Waals surface area contributed by atoms with E-state index >= 15 is 0 Å². The molecule has 0 saturated carbocycles. The van der Waals surface area contributed by atoms with Gasteiger partial charge in [0.05, 0.1) is 5.69 Å². The fourth-order valence-corrected chi connectivity index (χ4v) is 2.98. The normalized spacial score (nSPS) is 12.9. The van der Waals surface area contributed by atoms with Gasteiger partial charge in [-0.15, -0.1) is 0 Å². The lowest BCUT2D eigenvalue weighted by Gasteiger charge is -2.18. The maximum Gasteiger partial charge on any atom is 0.262 e. The molecule has 3 rings (SSSR count). The highest BCUT2D eigenvalue weighted by Crippen LogP contribution is 2.28. The summed E-state index contributed by atoms with van der Waals surface area (Å²) in [6, 6.07) is 13.3. The molecule has 0 bridgehead atoms. The third-order valence-electron chi connectivity index (χ3n) is 4.65. The molecule has 142 valence electrons. The molecule has 1 aliphatic heterocycles. The zero-order valence-electron chi connectivity index (χ0n) is 15.7. The van der Waals surface area contributed by atoms with Crippen LogP contribution >= 0.6 is 0 Å². The van der Waals surface area contributed by atoms with E-state index in [1.54, 1.807) is 18.2 Å². The number of nitrogens with one attached hydrogen (secondary N) is 2. The number of nitrogens with zero attached hydrogens (tertiary/aromatic N) is 1. The lowest BCUT2D eigenvalue weighted by Crippen LogP contribution is -2.27. The first-order chi connectivity index (χ1) is 13.1. The topological polar surface area (TPSA) is 70.7 Å². The molecule has 0 radical (unpaired) electrons. The number of hydrogen-bond acceptors (Lipinski definition) is 4. The summed E-state index contributed by atoms with van der Waals surface area (Å²) >= 11 is 0. The third-order valence-corrected chi connectivity index (χ3v) is 4.65. The van der Waals surface area contributed by atoms with Crippen molar-refractivity contribution < 1.29 is 14.3 Å². The fraction of sp³-hybridized carbons (Fsp3) is 0.333. The van der Waals surface area contributed by atoms with Gasteiger partial charge in [0.1, 0.15) is 5.75 Å². The van der Waals surface area contributed by atoms with Gasteiger partial charge in [-0.05, 0) is 42.4 Å². The van der Waals surface area contributed by atoms with Gasteiger partial charge in [-0.3, -0.25) is 14.5 Å². The molecular formula is C21H25N3O3. The Balaban J connectivity index is 1.57. The van der Waals surface area contributed by atoms with Crippen LogP contribution in [0, 0.1) is 0 Å². The van der Waals surface area contributed by atoms with E-state index in [2.05, 4.69) is 41.5 Å². The van der Waals surface area contributed by atoms with Crippen molar-refractivity contribution in [2.24, 2.45) is 0 Å². The molecule has 2 amide bonds. The first-order valence-corrected chi connectivity index (χ1v) is 9.24. The Labute approximate surface area is 159 Å². The minimum atomic E-state index is -0.218. The van der Waals surface area contributed by atoms with E-state index in [9.17, 15) is 9.59 Å². The number of rotatable bonds is 7. The first kappa shape index (κ1) is 18.9. The van der Waals surface area contributed by atoms with Gasteiger partial charge in [0.15, 0.2) is 6.61 Å². The molecule has 1 heterocycles. The Bertz CT molecular complexity index is 814. The van der Waals surface area contributed by atoms with Crippen molar-refractivity contribution in [2.75, 3.05) is 25.0 Å². The number of fused-ring (bicyclic) bond motifs is 1. The van der Waals surface area contributed by atoms with E-state index in [1.807, 2.05) is 12.1 Å². The van der Waals surface area contributed by atoms with E-state index in [0.29, 0.717) is 23.5 Å². The van der Waals surface area contributed by atoms with Crippen LogP contribution in [-0.4, -0.2) is 36.4 Å². The number of carbonyl (C=O) groups is 2. The van der Waals surface area contributed by atoms with E-state index < -0.39 is 0 Å². The van der Waals surface area contributed by atoms with Crippen molar-refractivity contribution in [2.45, 2.75) is 26.9 Å². The van der Waals surface area contributed by atoms with Gasteiger partial charge in [-0.2, -0.15) is 0 Å². The molecule has 0 aliphatic carbocycles. The minimum absolute atomic E-state index is 0.00279. The lowest BCUT2D eigenvalue weighted by atomic mass is 10.1. The molecule has 1 aliphatic rings. The van der Waals surface area contributed by atoms with Crippen LogP contribution in [0.1, 0.15) is 35.3 Å². The molecule has 2 aromatic rings. The summed E-state index contributed by atoms with van der Waals surface area (Å²) in [5, 5.41) is 5.63. The maximum absolute atomic E-state index is 12.4. The fourth-order valence-electron chi connectivity index (χ4n) is 2.98. The molecule has 2 aromatic carbocycles. The summed E-state index contributed by atoms with van der Waals surface area (Å²) in [5.74, 6) is 0.171. The van der Waals surface area contributed by atoms with Crippen LogP contribution in [0.15, 0.2) is 42.5 Å². The predicted molar refractivity (Wildman–Crippen MR) is 105 cm³/mol. The molecule has 0 unspecified atom stereocenters. The number of benzene rings is 2. The zero-order valence-corrected chi connectivity index (χ0v) is 15.7. The summed E-state index contributed by atoms with van der Waals surface area (Å²) < 4.78 is 5.31. The standard InChI is InChI=1S/C21H25N3O3/c1-3-24(4-2)13-16-7-5-15(6-8-16)12-22-21(26)17-9-10-19-18(11-17)23-20(25)14-27-19/h5-11H,3-4,12-14H2,1-2H3,(H,22,26)(H,23,25). The van der Waals surface area contributed by atoms with Crippen molar-refractivity contribution in [3.8, 4) is 5.75 Å². The molecule has 6 heteroatoms. The zero-order chi connectivity index (χ0) is 19.2. The van der Waals surface area contributed by atoms with Crippen molar-refractivity contribution >= 4 is 17.5 Å². The van der Waals surface area contributed by atoms with Crippen LogP contribution in [-0.2, 0) is 17.9 Å². The monoisotopic (exact) mass is 367 g/mol. The van der Waals surface area contributed by atoms with Crippen LogP contribution in [0.25, 0.3) is 0 Å². The summed E-state index contributed by atoms with van der Waals surface area (Å²) in [5.41, 5.74) is 3.32.